The van der Waals surface area contributed by atoms with Crippen molar-refractivity contribution in [1.29, 1.82) is 0 Å². The molecule has 0 aromatic carbocycles. The highest BCUT2D eigenvalue weighted by Gasteiger charge is 2.33. The number of hydrogen-bond acceptors (Lipinski definition) is 3. The number of rotatable bonds is 4. The van der Waals surface area contributed by atoms with Crippen LogP contribution in [0.1, 0.15) is 20.3 Å². The third kappa shape index (κ3) is 3.17. The van der Waals surface area contributed by atoms with E-state index < -0.39 is 21.7 Å². The molecule has 0 spiro atoms. The SMILES string of the molecule is CC(C)C1CCN(S(=O)(=O)CC(=O)O)C1. The van der Waals surface area contributed by atoms with E-state index in [0.717, 1.165) is 6.42 Å². The van der Waals surface area contributed by atoms with Gasteiger partial charge in [-0.15, -0.1) is 0 Å². The maximum absolute atomic E-state index is 11.6. The maximum atomic E-state index is 11.6. The average Bonchev–Trinajstić information content (AvgIpc) is 2.48. The van der Waals surface area contributed by atoms with Gasteiger partial charge in [-0.3, -0.25) is 4.79 Å². The molecule has 1 unspecified atom stereocenters. The van der Waals surface area contributed by atoms with Gasteiger partial charge in [0, 0.05) is 13.1 Å². The molecule has 1 aliphatic heterocycles. The number of sulfonamides is 1. The predicted octanol–water partition coefficient (Wildman–Crippen LogP) is 0.379. The van der Waals surface area contributed by atoms with Gasteiger partial charge in [0.05, 0.1) is 0 Å². The molecule has 1 fully saturated rings. The lowest BCUT2D eigenvalue weighted by atomic mass is 9.96. The van der Waals surface area contributed by atoms with E-state index >= 15 is 0 Å². The van der Waals surface area contributed by atoms with Gasteiger partial charge in [-0.2, -0.15) is 0 Å². The lowest BCUT2D eigenvalue weighted by Crippen LogP contribution is -2.34. The molecule has 1 heterocycles. The number of hydrogen-bond donors (Lipinski definition) is 1. The lowest BCUT2D eigenvalue weighted by Gasteiger charge is -2.16. The smallest absolute Gasteiger partial charge is 0.320 e. The second-order valence-electron chi connectivity index (χ2n) is 4.30. The van der Waals surface area contributed by atoms with Crippen LogP contribution in [0.25, 0.3) is 0 Å². The Bertz CT molecular complexity index is 336. The van der Waals surface area contributed by atoms with E-state index in [1.165, 1.54) is 4.31 Å². The normalized spacial score (nSPS) is 23.5. The Balaban J connectivity index is 2.64. The second kappa shape index (κ2) is 4.49. The quantitative estimate of drug-likeness (QED) is 0.764. The summed E-state index contributed by atoms with van der Waals surface area (Å²) in [5, 5.41) is 8.48. The van der Waals surface area contributed by atoms with Crippen LogP contribution >= 0.6 is 0 Å². The number of carboxylic acid groups (broad SMARTS) is 1. The highest BCUT2D eigenvalue weighted by atomic mass is 32.2. The van der Waals surface area contributed by atoms with Gasteiger partial charge < -0.3 is 5.11 Å². The van der Waals surface area contributed by atoms with Gasteiger partial charge in [0.25, 0.3) is 0 Å². The summed E-state index contributed by atoms with van der Waals surface area (Å²) in [6.07, 6.45) is 0.830. The molecule has 6 heteroatoms. The van der Waals surface area contributed by atoms with Crippen LogP contribution in [0.5, 0.6) is 0 Å². The summed E-state index contributed by atoms with van der Waals surface area (Å²) in [6, 6.07) is 0. The molecule has 0 aromatic heterocycles. The Morgan fingerprint density at radius 2 is 2.13 bits per heavy atom. The van der Waals surface area contributed by atoms with Crippen LogP contribution in [0.15, 0.2) is 0 Å². The standard InChI is InChI=1S/C9H17NO4S/c1-7(2)8-3-4-10(5-8)15(13,14)6-9(11)12/h7-8H,3-6H2,1-2H3,(H,11,12). The minimum absolute atomic E-state index is 0.355. The molecule has 15 heavy (non-hydrogen) atoms. The highest BCUT2D eigenvalue weighted by Crippen LogP contribution is 2.25. The van der Waals surface area contributed by atoms with E-state index in [1.807, 2.05) is 0 Å². The molecule has 1 rings (SSSR count). The van der Waals surface area contributed by atoms with Gasteiger partial charge >= 0.3 is 5.97 Å². The summed E-state index contributed by atoms with van der Waals surface area (Å²) in [5.41, 5.74) is 0. The van der Waals surface area contributed by atoms with Gasteiger partial charge in [0.2, 0.25) is 10.0 Å². The van der Waals surface area contributed by atoms with Crippen molar-refractivity contribution >= 4 is 16.0 Å². The molecule has 0 aromatic rings. The molecule has 1 aliphatic rings. The Labute approximate surface area is 90.1 Å². The van der Waals surface area contributed by atoms with Crippen LogP contribution in [-0.2, 0) is 14.8 Å². The third-order valence-electron chi connectivity index (χ3n) is 2.83. The van der Waals surface area contributed by atoms with Crippen molar-refractivity contribution in [2.24, 2.45) is 11.8 Å². The first-order chi connectivity index (χ1) is 6.83. The van der Waals surface area contributed by atoms with Crippen molar-refractivity contribution in [3.05, 3.63) is 0 Å². The number of nitrogens with zero attached hydrogens (tertiary/aromatic N) is 1. The van der Waals surface area contributed by atoms with Crippen LogP contribution in [-0.4, -0.2) is 42.6 Å². The van der Waals surface area contributed by atoms with E-state index in [9.17, 15) is 13.2 Å². The molecule has 0 aliphatic carbocycles. The fraction of sp³-hybridized carbons (Fsp3) is 0.889. The van der Waals surface area contributed by atoms with Crippen LogP contribution in [0.4, 0.5) is 0 Å². The zero-order valence-corrected chi connectivity index (χ0v) is 9.83. The summed E-state index contributed by atoms with van der Waals surface area (Å²) in [4.78, 5) is 10.4. The predicted molar refractivity (Wildman–Crippen MR) is 55.9 cm³/mol. The zero-order chi connectivity index (χ0) is 11.6. The number of aliphatic carboxylic acids is 1. The number of carbonyl (C=O) groups is 1. The molecule has 5 nitrogen and oxygen atoms in total. The summed E-state index contributed by atoms with van der Waals surface area (Å²) in [7, 11) is -3.59. The monoisotopic (exact) mass is 235 g/mol. The summed E-state index contributed by atoms with van der Waals surface area (Å²) < 4.78 is 24.4. The van der Waals surface area contributed by atoms with Crippen molar-refractivity contribution in [1.82, 2.24) is 4.31 Å². The molecular formula is C9H17NO4S. The largest absolute Gasteiger partial charge is 0.480 e. The highest BCUT2D eigenvalue weighted by molar-refractivity contribution is 7.89. The minimum Gasteiger partial charge on any atom is -0.480 e. The third-order valence-corrected chi connectivity index (χ3v) is 4.56. The van der Waals surface area contributed by atoms with Crippen LogP contribution in [0.3, 0.4) is 0 Å². The average molecular weight is 235 g/mol. The summed E-state index contributed by atoms with van der Waals surface area (Å²) in [5.74, 6) is -1.29. The van der Waals surface area contributed by atoms with E-state index in [0.29, 0.717) is 24.9 Å². The topological polar surface area (TPSA) is 74.7 Å². The first-order valence-corrected chi connectivity index (χ1v) is 6.63. The Morgan fingerprint density at radius 1 is 1.53 bits per heavy atom. The van der Waals surface area contributed by atoms with Crippen molar-refractivity contribution in [2.75, 3.05) is 18.8 Å². The van der Waals surface area contributed by atoms with Crippen molar-refractivity contribution < 1.29 is 18.3 Å². The van der Waals surface area contributed by atoms with Gasteiger partial charge in [0.1, 0.15) is 0 Å². The van der Waals surface area contributed by atoms with E-state index in [2.05, 4.69) is 13.8 Å². The molecule has 0 amide bonds. The lowest BCUT2D eigenvalue weighted by molar-refractivity contribution is -0.134. The van der Waals surface area contributed by atoms with Gasteiger partial charge in [-0.05, 0) is 18.3 Å². The second-order valence-corrected chi connectivity index (χ2v) is 6.27. The first kappa shape index (κ1) is 12.4. The van der Waals surface area contributed by atoms with E-state index in [4.69, 9.17) is 5.11 Å². The zero-order valence-electron chi connectivity index (χ0n) is 9.01. The summed E-state index contributed by atoms with van der Waals surface area (Å²) in [6.45, 7) is 5.03. The molecular weight excluding hydrogens is 218 g/mol. The van der Waals surface area contributed by atoms with Crippen LogP contribution < -0.4 is 0 Å². The van der Waals surface area contributed by atoms with Gasteiger partial charge in [-0.25, -0.2) is 12.7 Å². The molecule has 88 valence electrons. The first-order valence-electron chi connectivity index (χ1n) is 5.02. The van der Waals surface area contributed by atoms with Crippen LogP contribution in [0, 0.1) is 11.8 Å². The molecule has 1 atom stereocenters. The van der Waals surface area contributed by atoms with E-state index in [-0.39, 0.29) is 0 Å². The van der Waals surface area contributed by atoms with Gasteiger partial charge in [0.15, 0.2) is 5.75 Å². The van der Waals surface area contributed by atoms with Crippen LogP contribution in [0.2, 0.25) is 0 Å². The summed E-state index contributed by atoms with van der Waals surface area (Å²) >= 11 is 0. The Hall–Kier alpha value is -0.620. The van der Waals surface area contributed by atoms with Gasteiger partial charge in [-0.1, -0.05) is 13.8 Å². The fourth-order valence-electron chi connectivity index (χ4n) is 1.80. The van der Waals surface area contributed by atoms with Crippen molar-refractivity contribution in [3.63, 3.8) is 0 Å². The Morgan fingerprint density at radius 3 is 2.53 bits per heavy atom. The van der Waals surface area contributed by atoms with Crippen molar-refractivity contribution in [3.8, 4) is 0 Å². The molecule has 0 saturated carbocycles. The molecule has 0 radical (unpaired) electrons. The van der Waals surface area contributed by atoms with E-state index in [1.54, 1.807) is 0 Å². The fourth-order valence-corrected chi connectivity index (χ4v) is 3.09. The minimum atomic E-state index is -3.59. The Kier molecular flexibility index (Phi) is 3.72. The molecule has 1 N–H and O–H groups in total. The molecule has 0 bridgehead atoms. The number of carboxylic acids is 1. The molecule has 1 saturated heterocycles. The maximum Gasteiger partial charge on any atom is 0.320 e. The van der Waals surface area contributed by atoms with Crippen molar-refractivity contribution in [2.45, 2.75) is 20.3 Å².